The van der Waals surface area contributed by atoms with E-state index in [0.29, 0.717) is 12.0 Å². The number of alkyl halides is 1. The largest absolute Gasteiger partial charge is 0.303 e. The number of likely N-dealkylation sites (tertiary alicyclic amines) is 1. The Hall–Kier alpha value is -0.110. The average Bonchev–Trinajstić information content (AvgIpc) is 1.96. The molecule has 1 aliphatic heterocycles. The van der Waals surface area contributed by atoms with E-state index in [2.05, 4.69) is 25.8 Å². The zero-order chi connectivity index (χ0) is 9.14. The standard InChI is InChI=1S/C10H20FN/c1-8(2)6-10-7-9(11)4-5-12(10)3/h8-10H,4-7H2,1-3H3. The molecule has 1 nitrogen and oxygen atoms in total. The second-order valence-corrected chi connectivity index (χ2v) is 4.39. The quantitative estimate of drug-likeness (QED) is 0.620. The minimum Gasteiger partial charge on any atom is -0.303 e. The average molecular weight is 173 g/mol. The SMILES string of the molecule is CC(C)CC1CC(F)CCN1C. The molecule has 2 heteroatoms. The molecule has 0 aromatic heterocycles. The fourth-order valence-electron chi connectivity index (χ4n) is 1.94. The van der Waals surface area contributed by atoms with Crippen molar-refractivity contribution < 1.29 is 4.39 Å². The van der Waals surface area contributed by atoms with Gasteiger partial charge in [0.25, 0.3) is 0 Å². The summed E-state index contributed by atoms with van der Waals surface area (Å²) in [5.74, 6) is 0.683. The molecule has 0 aliphatic carbocycles. The molecule has 0 saturated carbocycles. The van der Waals surface area contributed by atoms with Crippen LogP contribution in [0.3, 0.4) is 0 Å². The number of rotatable bonds is 2. The maximum absolute atomic E-state index is 13.0. The van der Waals surface area contributed by atoms with E-state index in [1.165, 1.54) is 0 Å². The molecule has 0 N–H and O–H groups in total. The molecule has 72 valence electrons. The summed E-state index contributed by atoms with van der Waals surface area (Å²) in [5.41, 5.74) is 0. The highest BCUT2D eigenvalue weighted by Crippen LogP contribution is 2.23. The molecule has 2 unspecified atom stereocenters. The van der Waals surface area contributed by atoms with Gasteiger partial charge in [-0.15, -0.1) is 0 Å². The Labute approximate surface area is 74.9 Å². The predicted octanol–water partition coefficient (Wildman–Crippen LogP) is 2.46. The molecule has 2 atom stereocenters. The van der Waals surface area contributed by atoms with Crippen molar-refractivity contribution in [3.05, 3.63) is 0 Å². The van der Waals surface area contributed by atoms with Gasteiger partial charge in [0.2, 0.25) is 0 Å². The van der Waals surface area contributed by atoms with E-state index >= 15 is 0 Å². The summed E-state index contributed by atoms with van der Waals surface area (Å²) in [4.78, 5) is 2.30. The van der Waals surface area contributed by atoms with E-state index in [4.69, 9.17) is 0 Å². The molecule has 0 amide bonds. The smallest absolute Gasteiger partial charge is 0.103 e. The van der Waals surface area contributed by atoms with E-state index in [9.17, 15) is 4.39 Å². The molecule has 0 aromatic carbocycles. The first-order valence-corrected chi connectivity index (χ1v) is 4.94. The van der Waals surface area contributed by atoms with Gasteiger partial charge in [0.1, 0.15) is 6.17 Å². The van der Waals surface area contributed by atoms with Crippen LogP contribution in [0.4, 0.5) is 4.39 Å². The summed E-state index contributed by atoms with van der Waals surface area (Å²) in [6.07, 6.45) is 2.06. The van der Waals surface area contributed by atoms with Gasteiger partial charge in [-0.1, -0.05) is 13.8 Å². The van der Waals surface area contributed by atoms with Crippen LogP contribution in [0.15, 0.2) is 0 Å². The molecule has 1 heterocycles. The van der Waals surface area contributed by atoms with Crippen molar-refractivity contribution in [1.29, 1.82) is 0 Å². The van der Waals surface area contributed by atoms with Crippen LogP contribution in [-0.2, 0) is 0 Å². The first-order chi connectivity index (χ1) is 5.59. The number of halogens is 1. The number of nitrogens with zero attached hydrogens (tertiary/aromatic N) is 1. The monoisotopic (exact) mass is 173 g/mol. The van der Waals surface area contributed by atoms with E-state index in [1.54, 1.807) is 0 Å². The second-order valence-electron chi connectivity index (χ2n) is 4.39. The van der Waals surface area contributed by atoms with E-state index in [1.807, 2.05) is 0 Å². The fraction of sp³-hybridized carbons (Fsp3) is 1.00. The van der Waals surface area contributed by atoms with Crippen LogP contribution in [0, 0.1) is 5.92 Å². The Morgan fingerprint density at radius 3 is 2.75 bits per heavy atom. The lowest BCUT2D eigenvalue weighted by atomic mass is 9.94. The Morgan fingerprint density at radius 1 is 1.50 bits per heavy atom. The molecule has 1 aliphatic rings. The fourth-order valence-corrected chi connectivity index (χ4v) is 1.94. The number of piperidine rings is 1. The Morgan fingerprint density at radius 2 is 2.17 bits per heavy atom. The summed E-state index contributed by atoms with van der Waals surface area (Å²) in [6, 6.07) is 0.480. The molecule has 1 saturated heterocycles. The first-order valence-electron chi connectivity index (χ1n) is 4.94. The lowest BCUT2D eigenvalue weighted by Crippen LogP contribution is -2.41. The second kappa shape index (κ2) is 4.22. The van der Waals surface area contributed by atoms with Gasteiger partial charge in [-0.2, -0.15) is 0 Å². The van der Waals surface area contributed by atoms with Gasteiger partial charge in [0.05, 0.1) is 0 Å². The normalized spacial score (nSPS) is 32.8. The van der Waals surface area contributed by atoms with Crippen molar-refractivity contribution in [3.63, 3.8) is 0 Å². The summed E-state index contributed by atoms with van der Waals surface area (Å²) in [6.45, 7) is 5.34. The van der Waals surface area contributed by atoms with Crippen LogP contribution < -0.4 is 0 Å². The summed E-state index contributed by atoms with van der Waals surface area (Å²) < 4.78 is 13.0. The Balaban J connectivity index is 2.38. The summed E-state index contributed by atoms with van der Waals surface area (Å²) >= 11 is 0. The summed E-state index contributed by atoms with van der Waals surface area (Å²) in [7, 11) is 2.11. The highest BCUT2D eigenvalue weighted by atomic mass is 19.1. The van der Waals surface area contributed by atoms with E-state index in [-0.39, 0.29) is 0 Å². The zero-order valence-electron chi connectivity index (χ0n) is 8.39. The van der Waals surface area contributed by atoms with Gasteiger partial charge in [-0.05, 0) is 32.2 Å². The molecule has 1 rings (SSSR count). The zero-order valence-corrected chi connectivity index (χ0v) is 8.39. The van der Waals surface area contributed by atoms with Gasteiger partial charge in [-0.25, -0.2) is 4.39 Å². The van der Waals surface area contributed by atoms with Crippen molar-refractivity contribution in [1.82, 2.24) is 4.90 Å². The maximum Gasteiger partial charge on any atom is 0.103 e. The number of hydrogen-bond donors (Lipinski definition) is 0. The molecule has 0 spiro atoms. The lowest BCUT2D eigenvalue weighted by molar-refractivity contribution is 0.1000. The van der Waals surface area contributed by atoms with E-state index in [0.717, 1.165) is 25.8 Å². The third kappa shape index (κ3) is 2.74. The number of hydrogen-bond acceptors (Lipinski definition) is 1. The van der Waals surface area contributed by atoms with Gasteiger partial charge in [0, 0.05) is 12.6 Å². The van der Waals surface area contributed by atoms with Crippen LogP contribution in [0.2, 0.25) is 0 Å². The van der Waals surface area contributed by atoms with Crippen molar-refractivity contribution in [2.75, 3.05) is 13.6 Å². The van der Waals surface area contributed by atoms with Gasteiger partial charge in [0.15, 0.2) is 0 Å². The van der Waals surface area contributed by atoms with E-state index < -0.39 is 6.17 Å². The topological polar surface area (TPSA) is 3.24 Å². The molecular formula is C10H20FN. The van der Waals surface area contributed by atoms with Crippen molar-refractivity contribution >= 4 is 0 Å². The van der Waals surface area contributed by atoms with Crippen molar-refractivity contribution in [3.8, 4) is 0 Å². The van der Waals surface area contributed by atoms with Crippen LogP contribution in [0.5, 0.6) is 0 Å². The van der Waals surface area contributed by atoms with Crippen LogP contribution in [0.1, 0.15) is 33.1 Å². The molecule has 0 bridgehead atoms. The highest BCUT2D eigenvalue weighted by molar-refractivity contribution is 4.80. The Kier molecular flexibility index (Phi) is 3.51. The first kappa shape index (κ1) is 9.97. The molecule has 1 fully saturated rings. The van der Waals surface area contributed by atoms with Gasteiger partial charge >= 0.3 is 0 Å². The van der Waals surface area contributed by atoms with Gasteiger partial charge < -0.3 is 4.90 Å². The lowest BCUT2D eigenvalue weighted by Gasteiger charge is -2.35. The molecular weight excluding hydrogens is 153 g/mol. The van der Waals surface area contributed by atoms with Crippen molar-refractivity contribution in [2.45, 2.75) is 45.3 Å². The molecule has 0 aromatic rings. The van der Waals surface area contributed by atoms with Crippen LogP contribution in [-0.4, -0.2) is 30.7 Å². The third-order valence-electron chi connectivity index (χ3n) is 2.69. The van der Waals surface area contributed by atoms with Crippen molar-refractivity contribution in [2.24, 2.45) is 5.92 Å². The third-order valence-corrected chi connectivity index (χ3v) is 2.69. The minimum absolute atomic E-state index is 0.480. The highest BCUT2D eigenvalue weighted by Gasteiger charge is 2.25. The van der Waals surface area contributed by atoms with Gasteiger partial charge in [-0.3, -0.25) is 0 Å². The summed E-state index contributed by atoms with van der Waals surface area (Å²) in [5, 5.41) is 0. The molecule has 0 radical (unpaired) electrons. The molecule has 12 heavy (non-hydrogen) atoms. The predicted molar refractivity (Wildman–Crippen MR) is 50.0 cm³/mol. The maximum atomic E-state index is 13.0. The van der Waals surface area contributed by atoms with Crippen LogP contribution in [0.25, 0.3) is 0 Å². The van der Waals surface area contributed by atoms with Crippen LogP contribution >= 0.6 is 0 Å². The minimum atomic E-state index is -0.551. The Bertz CT molecular complexity index is 134.